The largest absolute Gasteiger partial charge is 0.367 e. The Hall–Kier alpha value is -2.44. The number of hydrogen-bond acceptors (Lipinski definition) is 5. The normalized spacial score (nSPS) is 20.8. The second kappa shape index (κ2) is 9.17. The molecule has 6 nitrogen and oxygen atoms in total. The van der Waals surface area contributed by atoms with Crippen LogP contribution in [0.25, 0.3) is 0 Å². The van der Waals surface area contributed by atoms with Crippen molar-refractivity contribution in [2.45, 2.75) is 37.9 Å². The Morgan fingerprint density at radius 3 is 2.64 bits per heavy atom. The van der Waals surface area contributed by atoms with Crippen LogP contribution in [-0.2, 0) is 6.54 Å². The number of benzene rings is 1. The number of nitrogens with zero attached hydrogens (tertiary/aromatic N) is 2. The maximum absolute atomic E-state index is 12.7. The number of anilines is 1. The first-order valence-corrected chi connectivity index (χ1v) is 10.3. The summed E-state index contributed by atoms with van der Waals surface area (Å²) in [7, 11) is 0. The summed E-state index contributed by atoms with van der Waals surface area (Å²) in [6, 6.07) is 14.9. The van der Waals surface area contributed by atoms with Gasteiger partial charge in [0, 0.05) is 44.5 Å². The number of hydrogen-bond donors (Lipinski definition) is 3. The number of pyridine rings is 1. The van der Waals surface area contributed by atoms with Crippen LogP contribution >= 0.6 is 0 Å². The zero-order chi connectivity index (χ0) is 19.2. The maximum atomic E-state index is 12.7. The molecule has 3 N–H and O–H groups in total. The lowest BCUT2D eigenvalue weighted by Crippen LogP contribution is -2.40. The molecule has 1 atom stereocenters. The van der Waals surface area contributed by atoms with Gasteiger partial charge >= 0.3 is 0 Å². The lowest BCUT2D eigenvalue weighted by molar-refractivity contribution is 0.0940. The Morgan fingerprint density at radius 2 is 1.89 bits per heavy atom. The molecular formula is C22H29N5O. The molecular weight excluding hydrogens is 350 g/mol. The predicted molar refractivity (Wildman–Crippen MR) is 111 cm³/mol. The Kier molecular flexibility index (Phi) is 6.19. The molecule has 2 aromatic rings. The van der Waals surface area contributed by atoms with Crippen molar-refractivity contribution in [3.8, 4) is 0 Å². The number of piperidine rings is 1. The van der Waals surface area contributed by atoms with Gasteiger partial charge in [-0.15, -0.1) is 0 Å². The predicted octanol–water partition coefficient (Wildman–Crippen LogP) is 2.25. The second-order valence-corrected chi connectivity index (χ2v) is 7.74. The lowest BCUT2D eigenvalue weighted by atomic mass is 10.0. The van der Waals surface area contributed by atoms with Crippen LogP contribution in [0.5, 0.6) is 0 Å². The van der Waals surface area contributed by atoms with Crippen molar-refractivity contribution >= 4 is 11.7 Å². The van der Waals surface area contributed by atoms with Gasteiger partial charge in [-0.1, -0.05) is 30.3 Å². The second-order valence-electron chi connectivity index (χ2n) is 7.74. The fourth-order valence-corrected chi connectivity index (χ4v) is 4.01. The third kappa shape index (κ3) is 4.88. The van der Waals surface area contributed by atoms with E-state index in [0.29, 0.717) is 17.4 Å². The minimum Gasteiger partial charge on any atom is -0.367 e. The quantitative estimate of drug-likeness (QED) is 0.718. The van der Waals surface area contributed by atoms with E-state index >= 15 is 0 Å². The van der Waals surface area contributed by atoms with Crippen LogP contribution in [0.15, 0.2) is 48.7 Å². The number of nitrogens with one attached hydrogen (secondary N) is 3. The van der Waals surface area contributed by atoms with Crippen molar-refractivity contribution in [2.75, 3.05) is 31.5 Å². The number of carbonyl (C=O) groups excluding carboxylic acids is 1. The lowest BCUT2D eigenvalue weighted by Gasteiger charge is -2.33. The molecule has 1 amide bonds. The molecule has 1 unspecified atom stereocenters. The molecule has 3 heterocycles. The highest BCUT2D eigenvalue weighted by Gasteiger charge is 2.23. The Bertz CT molecular complexity index is 768. The van der Waals surface area contributed by atoms with Crippen LogP contribution < -0.4 is 16.0 Å². The molecule has 0 spiro atoms. The van der Waals surface area contributed by atoms with E-state index in [-0.39, 0.29) is 11.9 Å². The molecule has 1 aromatic heterocycles. The minimum absolute atomic E-state index is 0.0363. The zero-order valence-electron chi connectivity index (χ0n) is 16.2. The standard InChI is InChI=1S/C22H29N5O/c28-22(26-19-8-12-23-15-19)20-7-4-11-24-21(20)25-18-9-13-27(14-10-18)16-17-5-2-1-3-6-17/h1-7,11,18-19,23H,8-10,12-16H2,(H,24,25)(H,26,28). The molecule has 28 heavy (non-hydrogen) atoms. The summed E-state index contributed by atoms with van der Waals surface area (Å²) >= 11 is 0. The van der Waals surface area contributed by atoms with Crippen LogP contribution in [0.1, 0.15) is 35.2 Å². The Morgan fingerprint density at radius 1 is 1.07 bits per heavy atom. The minimum atomic E-state index is -0.0363. The average molecular weight is 380 g/mol. The van der Waals surface area contributed by atoms with Gasteiger partial charge in [0.25, 0.3) is 5.91 Å². The van der Waals surface area contributed by atoms with Gasteiger partial charge in [0.05, 0.1) is 5.56 Å². The number of amides is 1. The van der Waals surface area contributed by atoms with E-state index in [1.807, 2.05) is 12.1 Å². The van der Waals surface area contributed by atoms with Gasteiger partial charge in [0.2, 0.25) is 0 Å². The van der Waals surface area contributed by atoms with Gasteiger partial charge in [-0.05, 0) is 43.5 Å². The number of rotatable bonds is 6. The summed E-state index contributed by atoms with van der Waals surface area (Å²) in [6.45, 7) is 4.91. The van der Waals surface area contributed by atoms with E-state index in [4.69, 9.17) is 0 Å². The summed E-state index contributed by atoms with van der Waals surface area (Å²) in [4.78, 5) is 19.6. The van der Waals surface area contributed by atoms with E-state index in [0.717, 1.165) is 52.0 Å². The highest BCUT2D eigenvalue weighted by molar-refractivity contribution is 5.98. The Labute approximate surface area is 166 Å². The third-order valence-corrected chi connectivity index (χ3v) is 5.63. The molecule has 2 saturated heterocycles. The highest BCUT2D eigenvalue weighted by atomic mass is 16.1. The Balaban J connectivity index is 1.32. The molecule has 0 aliphatic carbocycles. The average Bonchev–Trinajstić information content (AvgIpc) is 3.24. The van der Waals surface area contributed by atoms with Crippen molar-refractivity contribution < 1.29 is 4.79 Å². The summed E-state index contributed by atoms with van der Waals surface area (Å²) in [5, 5.41) is 9.92. The highest BCUT2D eigenvalue weighted by Crippen LogP contribution is 2.20. The van der Waals surface area contributed by atoms with Crippen molar-refractivity contribution in [2.24, 2.45) is 0 Å². The first-order valence-electron chi connectivity index (χ1n) is 10.3. The van der Waals surface area contributed by atoms with Crippen LogP contribution in [0.2, 0.25) is 0 Å². The first-order chi connectivity index (χ1) is 13.8. The molecule has 0 saturated carbocycles. The summed E-state index contributed by atoms with van der Waals surface area (Å²) in [5.41, 5.74) is 2.00. The smallest absolute Gasteiger partial charge is 0.255 e. The molecule has 2 aliphatic heterocycles. The fraction of sp³-hybridized carbons (Fsp3) is 0.455. The van der Waals surface area contributed by atoms with Gasteiger partial charge in [-0.25, -0.2) is 4.98 Å². The van der Waals surface area contributed by atoms with Gasteiger partial charge in [0.15, 0.2) is 0 Å². The SMILES string of the molecule is O=C(NC1CCNC1)c1cccnc1NC1CCN(Cc2ccccc2)CC1. The van der Waals surface area contributed by atoms with Crippen molar-refractivity contribution in [1.82, 2.24) is 20.5 Å². The topological polar surface area (TPSA) is 69.3 Å². The van der Waals surface area contributed by atoms with Gasteiger partial charge in [-0.3, -0.25) is 9.69 Å². The van der Waals surface area contributed by atoms with Gasteiger partial charge in [0.1, 0.15) is 5.82 Å². The number of aromatic nitrogens is 1. The first kappa shape index (κ1) is 18.9. The van der Waals surface area contributed by atoms with Gasteiger partial charge < -0.3 is 16.0 Å². The fourth-order valence-electron chi connectivity index (χ4n) is 4.01. The molecule has 4 rings (SSSR count). The van der Waals surface area contributed by atoms with E-state index in [1.54, 1.807) is 6.20 Å². The van der Waals surface area contributed by atoms with E-state index < -0.39 is 0 Å². The van der Waals surface area contributed by atoms with Crippen molar-refractivity contribution in [3.63, 3.8) is 0 Å². The molecule has 0 bridgehead atoms. The number of carbonyl (C=O) groups is 1. The van der Waals surface area contributed by atoms with Gasteiger partial charge in [-0.2, -0.15) is 0 Å². The zero-order valence-corrected chi connectivity index (χ0v) is 16.2. The summed E-state index contributed by atoms with van der Waals surface area (Å²) in [6.07, 6.45) is 4.84. The van der Waals surface area contributed by atoms with Crippen LogP contribution in [0, 0.1) is 0 Å². The van der Waals surface area contributed by atoms with E-state index in [2.05, 4.69) is 56.2 Å². The van der Waals surface area contributed by atoms with E-state index in [1.165, 1.54) is 5.56 Å². The monoisotopic (exact) mass is 379 g/mol. The molecule has 0 radical (unpaired) electrons. The third-order valence-electron chi connectivity index (χ3n) is 5.63. The van der Waals surface area contributed by atoms with Crippen LogP contribution in [-0.4, -0.2) is 54.1 Å². The molecule has 6 heteroatoms. The van der Waals surface area contributed by atoms with E-state index in [9.17, 15) is 4.79 Å². The van der Waals surface area contributed by atoms with Crippen molar-refractivity contribution in [3.05, 3.63) is 59.8 Å². The van der Waals surface area contributed by atoms with Crippen molar-refractivity contribution in [1.29, 1.82) is 0 Å². The molecule has 148 valence electrons. The summed E-state index contributed by atoms with van der Waals surface area (Å²) in [5.74, 6) is 0.665. The number of likely N-dealkylation sites (tertiary alicyclic amines) is 1. The molecule has 2 aliphatic rings. The van der Waals surface area contributed by atoms with Crippen LogP contribution in [0.3, 0.4) is 0 Å². The molecule has 2 fully saturated rings. The maximum Gasteiger partial charge on any atom is 0.255 e. The summed E-state index contributed by atoms with van der Waals surface area (Å²) < 4.78 is 0. The van der Waals surface area contributed by atoms with Crippen LogP contribution in [0.4, 0.5) is 5.82 Å². The molecule has 1 aromatic carbocycles.